The van der Waals surface area contributed by atoms with Gasteiger partial charge in [0.2, 0.25) is 5.78 Å². The Balaban J connectivity index is 1.51. The number of fused-ring (bicyclic) bond motifs is 1. The number of Topliss-reactive ketones (excluding diaryl/α,β-unsaturated/α-hetero) is 1. The average molecular weight is 370 g/mol. The highest BCUT2D eigenvalue weighted by Crippen LogP contribution is 2.27. The summed E-state index contributed by atoms with van der Waals surface area (Å²) in [5.74, 6) is 0.268. The minimum Gasteiger partial charge on any atom is -0.497 e. The summed E-state index contributed by atoms with van der Waals surface area (Å²) in [4.78, 5) is 25.5. The number of thioether (sulfide) groups is 1. The van der Waals surface area contributed by atoms with Gasteiger partial charge in [0.25, 0.3) is 0 Å². The van der Waals surface area contributed by atoms with Gasteiger partial charge in [-0.05, 0) is 73.7 Å². The van der Waals surface area contributed by atoms with E-state index in [9.17, 15) is 9.59 Å². The number of methoxy groups -OCH3 is 1. The van der Waals surface area contributed by atoms with Crippen molar-refractivity contribution in [1.82, 2.24) is 0 Å². The highest BCUT2D eigenvalue weighted by Gasteiger charge is 2.20. The minimum atomic E-state index is -0.809. The van der Waals surface area contributed by atoms with E-state index in [4.69, 9.17) is 9.47 Å². The van der Waals surface area contributed by atoms with Gasteiger partial charge >= 0.3 is 5.97 Å². The number of hydrogen-bond donors (Lipinski definition) is 0. The number of benzene rings is 2. The molecule has 1 unspecified atom stereocenters. The van der Waals surface area contributed by atoms with E-state index in [2.05, 4.69) is 12.1 Å². The topological polar surface area (TPSA) is 52.6 Å². The molecule has 0 aliphatic heterocycles. The predicted molar refractivity (Wildman–Crippen MR) is 102 cm³/mol. The van der Waals surface area contributed by atoms with E-state index in [0.717, 1.165) is 17.7 Å². The molecule has 0 spiro atoms. The van der Waals surface area contributed by atoms with Crippen molar-refractivity contribution in [3.63, 3.8) is 0 Å². The molecule has 0 amide bonds. The molecule has 0 fully saturated rings. The van der Waals surface area contributed by atoms with Gasteiger partial charge in [-0.1, -0.05) is 6.07 Å². The summed E-state index contributed by atoms with van der Waals surface area (Å²) in [5.41, 5.74) is 3.29. The van der Waals surface area contributed by atoms with Crippen molar-refractivity contribution >= 4 is 23.5 Å². The summed E-state index contributed by atoms with van der Waals surface area (Å²) in [7, 11) is 1.57. The van der Waals surface area contributed by atoms with Gasteiger partial charge < -0.3 is 9.47 Å². The van der Waals surface area contributed by atoms with Gasteiger partial charge in [0.15, 0.2) is 6.10 Å². The van der Waals surface area contributed by atoms with Crippen molar-refractivity contribution in [3.8, 4) is 5.75 Å². The Kier molecular flexibility index (Phi) is 5.99. The molecule has 2 aromatic rings. The molecule has 0 N–H and O–H groups in total. The molecule has 0 heterocycles. The third-order valence-corrected chi connectivity index (χ3v) is 5.45. The van der Waals surface area contributed by atoms with Gasteiger partial charge in [0, 0.05) is 10.5 Å². The lowest BCUT2D eigenvalue weighted by molar-refractivity contribution is -0.143. The summed E-state index contributed by atoms with van der Waals surface area (Å²) in [6.07, 6.45) is 2.65. The second-order valence-electron chi connectivity index (χ2n) is 6.30. The Labute approximate surface area is 157 Å². The SMILES string of the molecule is COc1ccc(C(=O)C(C)OC(=O)CSc2ccc3c(c2)CCC3)cc1. The zero-order valence-corrected chi connectivity index (χ0v) is 15.8. The lowest BCUT2D eigenvalue weighted by Gasteiger charge is -2.13. The Hall–Kier alpha value is -2.27. The van der Waals surface area contributed by atoms with Crippen molar-refractivity contribution in [2.24, 2.45) is 0 Å². The van der Waals surface area contributed by atoms with Gasteiger partial charge in [-0.25, -0.2) is 0 Å². The molecule has 4 nitrogen and oxygen atoms in total. The number of esters is 1. The number of ketones is 1. The number of aryl methyl sites for hydroxylation is 2. The highest BCUT2D eigenvalue weighted by atomic mass is 32.2. The van der Waals surface area contributed by atoms with Crippen LogP contribution in [0.5, 0.6) is 5.75 Å². The molecule has 3 rings (SSSR count). The van der Waals surface area contributed by atoms with Crippen LogP contribution in [0.1, 0.15) is 34.8 Å². The molecule has 5 heteroatoms. The van der Waals surface area contributed by atoms with Crippen LogP contribution in [-0.4, -0.2) is 30.7 Å². The molecule has 136 valence electrons. The number of ether oxygens (including phenoxy) is 2. The summed E-state index contributed by atoms with van der Waals surface area (Å²) < 4.78 is 10.4. The number of rotatable bonds is 7. The molecular formula is C21H22O4S. The second kappa shape index (κ2) is 8.41. The fraction of sp³-hybridized carbons (Fsp3) is 0.333. The smallest absolute Gasteiger partial charge is 0.316 e. The van der Waals surface area contributed by atoms with Crippen molar-refractivity contribution in [1.29, 1.82) is 0 Å². The Morgan fingerprint density at radius 2 is 1.81 bits per heavy atom. The van der Waals surface area contributed by atoms with Crippen LogP contribution in [0, 0.1) is 0 Å². The van der Waals surface area contributed by atoms with Crippen LogP contribution >= 0.6 is 11.8 Å². The zero-order valence-electron chi connectivity index (χ0n) is 15.0. The Morgan fingerprint density at radius 1 is 1.08 bits per heavy atom. The minimum absolute atomic E-state index is 0.193. The van der Waals surface area contributed by atoms with E-state index < -0.39 is 6.10 Å². The first-order chi connectivity index (χ1) is 12.6. The molecule has 1 atom stereocenters. The summed E-state index contributed by atoms with van der Waals surface area (Å²) in [5, 5.41) is 0. The van der Waals surface area contributed by atoms with Gasteiger partial charge in [0.05, 0.1) is 12.9 Å². The maximum Gasteiger partial charge on any atom is 0.316 e. The van der Waals surface area contributed by atoms with E-state index >= 15 is 0 Å². The molecule has 26 heavy (non-hydrogen) atoms. The first kappa shape index (κ1) is 18.5. The molecule has 0 saturated carbocycles. The first-order valence-electron chi connectivity index (χ1n) is 8.69. The van der Waals surface area contributed by atoms with Gasteiger partial charge in [-0.3, -0.25) is 9.59 Å². The second-order valence-corrected chi connectivity index (χ2v) is 7.35. The van der Waals surface area contributed by atoms with E-state index in [1.807, 2.05) is 6.07 Å². The summed E-state index contributed by atoms with van der Waals surface area (Å²) >= 11 is 1.45. The third-order valence-electron chi connectivity index (χ3n) is 4.48. The highest BCUT2D eigenvalue weighted by molar-refractivity contribution is 8.00. The fourth-order valence-electron chi connectivity index (χ4n) is 3.05. The molecule has 0 saturated heterocycles. The molecule has 1 aliphatic rings. The van der Waals surface area contributed by atoms with Crippen molar-refractivity contribution in [2.45, 2.75) is 37.2 Å². The lowest BCUT2D eigenvalue weighted by Crippen LogP contribution is -2.25. The molecule has 0 radical (unpaired) electrons. The Bertz CT molecular complexity index is 798. The molecule has 1 aliphatic carbocycles. The Morgan fingerprint density at radius 3 is 2.54 bits per heavy atom. The average Bonchev–Trinajstić information content (AvgIpc) is 3.13. The van der Waals surface area contributed by atoms with E-state index in [-0.39, 0.29) is 17.5 Å². The largest absolute Gasteiger partial charge is 0.497 e. The van der Waals surface area contributed by atoms with Crippen LogP contribution in [0.25, 0.3) is 0 Å². The van der Waals surface area contributed by atoms with Crippen LogP contribution in [-0.2, 0) is 22.4 Å². The molecular weight excluding hydrogens is 348 g/mol. The first-order valence-corrected chi connectivity index (χ1v) is 9.67. The molecule has 0 aromatic heterocycles. The number of hydrogen-bond acceptors (Lipinski definition) is 5. The fourth-order valence-corrected chi connectivity index (χ4v) is 3.80. The number of carbonyl (C=O) groups excluding carboxylic acids is 2. The van der Waals surface area contributed by atoms with E-state index in [1.54, 1.807) is 38.3 Å². The van der Waals surface area contributed by atoms with Crippen LogP contribution in [0.3, 0.4) is 0 Å². The maximum absolute atomic E-state index is 12.4. The summed E-state index contributed by atoms with van der Waals surface area (Å²) in [6.45, 7) is 1.60. The quantitative estimate of drug-likeness (QED) is 0.417. The van der Waals surface area contributed by atoms with E-state index in [1.165, 1.54) is 29.3 Å². The standard InChI is InChI=1S/C21H22O4S/c1-14(21(23)16-6-9-18(24-2)10-7-16)25-20(22)13-26-19-11-8-15-4-3-5-17(15)12-19/h6-12,14H,3-5,13H2,1-2H3. The molecule has 2 aromatic carbocycles. The van der Waals surface area contributed by atoms with Gasteiger partial charge in [-0.2, -0.15) is 0 Å². The van der Waals surface area contributed by atoms with E-state index in [0.29, 0.717) is 11.3 Å². The van der Waals surface area contributed by atoms with Gasteiger partial charge in [0.1, 0.15) is 5.75 Å². The third kappa shape index (κ3) is 4.47. The van der Waals surface area contributed by atoms with Crippen LogP contribution in [0.4, 0.5) is 0 Å². The van der Waals surface area contributed by atoms with Crippen LogP contribution in [0.2, 0.25) is 0 Å². The summed E-state index contributed by atoms with van der Waals surface area (Å²) in [6, 6.07) is 13.1. The van der Waals surface area contributed by atoms with Crippen molar-refractivity contribution < 1.29 is 19.1 Å². The predicted octanol–water partition coefficient (Wildman–Crippen LogP) is 4.09. The monoisotopic (exact) mass is 370 g/mol. The normalized spacial score (nSPS) is 13.8. The van der Waals surface area contributed by atoms with Crippen LogP contribution < -0.4 is 4.74 Å². The zero-order chi connectivity index (χ0) is 18.5. The molecule has 0 bridgehead atoms. The van der Waals surface area contributed by atoms with Crippen LogP contribution in [0.15, 0.2) is 47.4 Å². The lowest BCUT2D eigenvalue weighted by atomic mass is 10.1. The van der Waals surface area contributed by atoms with Gasteiger partial charge in [-0.15, -0.1) is 11.8 Å². The van der Waals surface area contributed by atoms with Crippen molar-refractivity contribution in [3.05, 3.63) is 59.2 Å². The maximum atomic E-state index is 12.4. The number of carbonyl (C=O) groups is 2. The van der Waals surface area contributed by atoms with Crippen molar-refractivity contribution in [2.75, 3.05) is 12.9 Å².